The molecule has 0 saturated heterocycles. The van der Waals surface area contributed by atoms with Gasteiger partial charge < -0.3 is 15.5 Å². The maximum Gasteiger partial charge on any atom is 0.334 e. The molecular formula is C9H9FN2O4. The van der Waals surface area contributed by atoms with Gasteiger partial charge in [-0.05, 0) is 12.1 Å². The third kappa shape index (κ3) is 2.99. The van der Waals surface area contributed by atoms with Crippen LogP contribution in [0.15, 0.2) is 18.3 Å². The quantitative estimate of drug-likeness (QED) is 0.597. The summed E-state index contributed by atoms with van der Waals surface area (Å²) in [7, 11) is 0. The Hall–Kier alpha value is -2.02. The molecule has 1 rings (SSSR count). The van der Waals surface area contributed by atoms with Gasteiger partial charge in [0.25, 0.3) is 5.91 Å². The van der Waals surface area contributed by atoms with Gasteiger partial charge in [-0.3, -0.25) is 4.79 Å². The molecule has 1 heterocycles. The van der Waals surface area contributed by atoms with Crippen molar-refractivity contribution in [2.75, 3.05) is 6.54 Å². The van der Waals surface area contributed by atoms with Crippen LogP contribution in [0.25, 0.3) is 0 Å². The number of hydrogen-bond acceptors (Lipinski definition) is 4. The molecule has 0 radical (unpaired) electrons. The van der Waals surface area contributed by atoms with E-state index in [-0.39, 0.29) is 5.56 Å². The molecule has 0 aliphatic rings. The predicted molar refractivity (Wildman–Crippen MR) is 50.2 cm³/mol. The number of amides is 1. The average Bonchev–Trinajstić information content (AvgIpc) is 2.25. The number of aliphatic carboxylic acids is 1. The minimum atomic E-state index is -1.72. The van der Waals surface area contributed by atoms with E-state index in [1.807, 2.05) is 0 Å². The molecule has 0 aromatic carbocycles. The molecule has 0 saturated carbocycles. The number of pyridine rings is 1. The van der Waals surface area contributed by atoms with Crippen molar-refractivity contribution >= 4 is 11.9 Å². The van der Waals surface area contributed by atoms with E-state index in [9.17, 15) is 14.0 Å². The summed E-state index contributed by atoms with van der Waals surface area (Å²) in [6.07, 6.45) is -0.540. The third-order valence-electron chi connectivity index (χ3n) is 1.74. The first-order valence-corrected chi connectivity index (χ1v) is 4.32. The number of aliphatic hydroxyl groups excluding tert-OH is 1. The van der Waals surface area contributed by atoms with E-state index in [1.165, 1.54) is 18.3 Å². The van der Waals surface area contributed by atoms with Gasteiger partial charge in [-0.2, -0.15) is 4.39 Å². The van der Waals surface area contributed by atoms with Crippen molar-refractivity contribution in [2.24, 2.45) is 0 Å². The smallest absolute Gasteiger partial charge is 0.334 e. The van der Waals surface area contributed by atoms with Crippen molar-refractivity contribution in [2.45, 2.75) is 6.10 Å². The molecule has 3 N–H and O–H groups in total. The monoisotopic (exact) mass is 228 g/mol. The van der Waals surface area contributed by atoms with Gasteiger partial charge in [0, 0.05) is 6.20 Å². The van der Waals surface area contributed by atoms with Crippen molar-refractivity contribution in [3.63, 3.8) is 0 Å². The lowest BCUT2D eigenvalue weighted by Gasteiger charge is -2.07. The summed E-state index contributed by atoms with van der Waals surface area (Å²) in [4.78, 5) is 24.8. The zero-order valence-electron chi connectivity index (χ0n) is 8.05. The maximum atomic E-state index is 13.0. The number of aromatic nitrogens is 1. The fraction of sp³-hybridized carbons (Fsp3) is 0.222. The van der Waals surface area contributed by atoms with Crippen LogP contribution in [-0.4, -0.2) is 39.7 Å². The van der Waals surface area contributed by atoms with Gasteiger partial charge in [-0.15, -0.1) is 0 Å². The Morgan fingerprint density at radius 3 is 2.81 bits per heavy atom. The zero-order chi connectivity index (χ0) is 12.1. The van der Waals surface area contributed by atoms with Crippen molar-refractivity contribution in [1.82, 2.24) is 10.3 Å². The topological polar surface area (TPSA) is 99.5 Å². The number of hydrogen-bond donors (Lipinski definition) is 3. The van der Waals surface area contributed by atoms with Crippen LogP contribution in [0, 0.1) is 5.95 Å². The highest BCUT2D eigenvalue weighted by atomic mass is 19.1. The fourth-order valence-corrected chi connectivity index (χ4v) is 0.927. The standard InChI is InChI=1S/C9H9FN2O4/c10-7-5(2-1-3-11-7)8(14)12-4-6(13)9(15)16/h1-3,6,13H,4H2,(H,12,14)(H,15,16). The molecule has 1 amide bonds. The Bertz CT molecular complexity index is 410. The molecule has 0 aliphatic carbocycles. The molecule has 1 aromatic heterocycles. The van der Waals surface area contributed by atoms with Gasteiger partial charge in [-0.25, -0.2) is 9.78 Å². The fourth-order valence-electron chi connectivity index (χ4n) is 0.927. The van der Waals surface area contributed by atoms with Gasteiger partial charge >= 0.3 is 5.97 Å². The first kappa shape index (κ1) is 12.1. The van der Waals surface area contributed by atoms with Gasteiger partial charge in [0.1, 0.15) is 0 Å². The van der Waals surface area contributed by atoms with Crippen LogP contribution >= 0.6 is 0 Å². The van der Waals surface area contributed by atoms with E-state index >= 15 is 0 Å². The van der Waals surface area contributed by atoms with Crippen LogP contribution in [0.5, 0.6) is 0 Å². The summed E-state index contributed by atoms with van der Waals surface area (Å²) in [6.45, 7) is -0.498. The first-order chi connectivity index (χ1) is 7.52. The number of nitrogens with zero attached hydrogens (tertiary/aromatic N) is 1. The number of carboxylic acid groups (broad SMARTS) is 1. The number of halogens is 1. The van der Waals surface area contributed by atoms with Gasteiger partial charge in [0.05, 0.1) is 12.1 Å². The largest absolute Gasteiger partial charge is 0.479 e. The lowest BCUT2D eigenvalue weighted by molar-refractivity contribution is -0.146. The molecule has 6 nitrogen and oxygen atoms in total. The van der Waals surface area contributed by atoms with Crippen LogP contribution in [0.1, 0.15) is 10.4 Å². The summed E-state index contributed by atoms with van der Waals surface area (Å²) in [5.74, 6) is -3.25. The first-order valence-electron chi connectivity index (χ1n) is 4.32. The Morgan fingerprint density at radius 2 is 2.25 bits per heavy atom. The van der Waals surface area contributed by atoms with Crippen LogP contribution in [0.2, 0.25) is 0 Å². The summed E-state index contributed by atoms with van der Waals surface area (Å²) >= 11 is 0. The summed E-state index contributed by atoms with van der Waals surface area (Å²) in [5.41, 5.74) is -0.305. The van der Waals surface area contributed by atoms with Gasteiger partial charge in [-0.1, -0.05) is 0 Å². The molecule has 0 bridgehead atoms. The van der Waals surface area contributed by atoms with Crippen molar-refractivity contribution in [3.05, 3.63) is 29.8 Å². The Morgan fingerprint density at radius 1 is 1.56 bits per heavy atom. The third-order valence-corrected chi connectivity index (χ3v) is 1.74. The van der Waals surface area contributed by atoms with E-state index in [0.29, 0.717) is 0 Å². The average molecular weight is 228 g/mol. The Balaban J connectivity index is 2.60. The zero-order valence-corrected chi connectivity index (χ0v) is 8.05. The molecule has 86 valence electrons. The van der Waals surface area contributed by atoms with E-state index < -0.39 is 30.5 Å². The minimum absolute atomic E-state index is 0.305. The van der Waals surface area contributed by atoms with Gasteiger partial charge in [0.2, 0.25) is 5.95 Å². The van der Waals surface area contributed by atoms with E-state index in [0.717, 1.165) is 0 Å². The van der Waals surface area contributed by atoms with E-state index in [2.05, 4.69) is 10.3 Å². The van der Waals surface area contributed by atoms with Crippen molar-refractivity contribution in [3.8, 4) is 0 Å². The maximum absolute atomic E-state index is 13.0. The van der Waals surface area contributed by atoms with Crippen molar-refractivity contribution < 1.29 is 24.2 Å². The number of carboxylic acids is 1. The second-order valence-electron chi connectivity index (χ2n) is 2.91. The second kappa shape index (κ2) is 5.17. The van der Waals surface area contributed by atoms with E-state index in [1.54, 1.807) is 0 Å². The van der Waals surface area contributed by atoms with Crippen LogP contribution in [0.3, 0.4) is 0 Å². The molecule has 0 aliphatic heterocycles. The normalized spacial score (nSPS) is 11.9. The summed E-state index contributed by atoms with van der Waals surface area (Å²) in [5, 5.41) is 19.3. The lowest BCUT2D eigenvalue weighted by atomic mass is 10.2. The highest BCUT2D eigenvalue weighted by Gasteiger charge is 2.16. The Labute approximate surface area is 89.7 Å². The number of carbonyl (C=O) groups is 2. The molecule has 1 unspecified atom stereocenters. The van der Waals surface area contributed by atoms with Crippen LogP contribution in [0.4, 0.5) is 4.39 Å². The molecular weight excluding hydrogens is 219 g/mol. The highest BCUT2D eigenvalue weighted by Crippen LogP contribution is 2.02. The summed E-state index contributed by atoms with van der Waals surface area (Å²) < 4.78 is 13.0. The number of nitrogens with one attached hydrogen (secondary N) is 1. The van der Waals surface area contributed by atoms with Crippen molar-refractivity contribution in [1.29, 1.82) is 0 Å². The number of carbonyl (C=O) groups excluding carboxylic acids is 1. The molecule has 0 spiro atoms. The molecule has 0 fully saturated rings. The minimum Gasteiger partial charge on any atom is -0.479 e. The number of rotatable bonds is 4. The molecule has 1 aromatic rings. The molecule has 7 heteroatoms. The van der Waals surface area contributed by atoms with Gasteiger partial charge in [0.15, 0.2) is 6.10 Å². The lowest BCUT2D eigenvalue weighted by Crippen LogP contribution is -2.36. The Kier molecular flexibility index (Phi) is 3.90. The second-order valence-corrected chi connectivity index (χ2v) is 2.91. The van der Waals surface area contributed by atoms with Crippen LogP contribution in [-0.2, 0) is 4.79 Å². The molecule has 1 atom stereocenters. The van der Waals surface area contributed by atoms with E-state index in [4.69, 9.17) is 10.2 Å². The predicted octanol–water partition coefficient (Wildman–Crippen LogP) is -0.604. The molecule has 16 heavy (non-hydrogen) atoms. The van der Waals surface area contributed by atoms with Crippen LogP contribution < -0.4 is 5.32 Å². The number of aliphatic hydroxyl groups is 1. The highest BCUT2D eigenvalue weighted by molar-refractivity contribution is 5.94. The SMILES string of the molecule is O=C(NCC(O)C(=O)O)c1cccnc1F. The summed E-state index contributed by atoms with van der Waals surface area (Å²) in [6, 6.07) is 2.57.